The second-order valence-electron chi connectivity index (χ2n) is 9.90. The molecule has 4 heterocycles. The van der Waals surface area contributed by atoms with Crippen molar-refractivity contribution < 1.29 is 13.9 Å². The van der Waals surface area contributed by atoms with E-state index < -0.39 is 12.0 Å². The molecule has 0 bridgehead atoms. The molecule has 0 radical (unpaired) electrons. The van der Waals surface area contributed by atoms with Gasteiger partial charge in [-0.05, 0) is 74.7 Å². The van der Waals surface area contributed by atoms with Gasteiger partial charge in [0.15, 0.2) is 15.1 Å². The Morgan fingerprint density at radius 3 is 2.45 bits per heavy atom. The van der Waals surface area contributed by atoms with Crippen molar-refractivity contribution in [2.75, 3.05) is 12.9 Å². The first-order chi connectivity index (χ1) is 21.3. The Bertz CT molecular complexity index is 2040. The molecule has 222 valence electrons. The lowest BCUT2D eigenvalue weighted by Gasteiger charge is -2.26. The van der Waals surface area contributed by atoms with Gasteiger partial charge < -0.3 is 9.15 Å². The smallest absolute Gasteiger partial charge is 0.338 e. The fourth-order valence-corrected chi connectivity index (χ4v) is 7.19. The number of thioether (sulfide) groups is 1. The van der Waals surface area contributed by atoms with Crippen molar-refractivity contribution in [3.63, 3.8) is 0 Å². The summed E-state index contributed by atoms with van der Waals surface area (Å²) in [5, 5.41) is 1.20. The highest BCUT2D eigenvalue weighted by atomic mass is 32.2. The van der Waals surface area contributed by atoms with E-state index in [2.05, 4.69) is 9.97 Å². The van der Waals surface area contributed by atoms with E-state index in [1.165, 1.54) is 23.1 Å². The predicted octanol–water partition coefficient (Wildman–Crippen LogP) is 5.81. The van der Waals surface area contributed by atoms with Crippen LogP contribution in [0.1, 0.15) is 41.2 Å². The summed E-state index contributed by atoms with van der Waals surface area (Å²) in [6.45, 7) is 5.80. The van der Waals surface area contributed by atoms with Crippen molar-refractivity contribution in [1.82, 2.24) is 14.5 Å². The zero-order valence-corrected chi connectivity index (χ0v) is 26.9. The molecule has 11 heteroatoms. The van der Waals surface area contributed by atoms with Crippen molar-refractivity contribution in [3.05, 3.63) is 126 Å². The Hall–Kier alpha value is -4.19. The summed E-state index contributed by atoms with van der Waals surface area (Å²) in [6, 6.07) is 22.2. The van der Waals surface area contributed by atoms with Gasteiger partial charge in [0.2, 0.25) is 0 Å². The highest BCUT2D eigenvalue weighted by molar-refractivity contribution is 7.99. The number of esters is 1. The summed E-state index contributed by atoms with van der Waals surface area (Å²) in [5.41, 5.74) is 3.84. The van der Waals surface area contributed by atoms with Gasteiger partial charge in [0.05, 0.1) is 28.5 Å². The van der Waals surface area contributed by atoms with Crippen LogP contribution < -0.4 is 14.9 Å². The molecule has 2 aromatic carbocycles. The number of hydrogen-bond acceptors (Lipinski definition) is 10. The molecule has 3 aromatic heterocycles. The zero-order chi connectivity index (χ0) is 30.8. The maximum absolute atomic E-state index is 14.1. The van der Waals surface area contributed by atoms with Crippen LogP contribution in [0.3, 0.4) is 0 Å². The topological polar surface area (TPSA) is 99.6 Å². The van der Waals surface area contributed by atoms with Crippen LogP contribution in [0.15, 0.2) is 108 Å². The van der Waals surface area contributed by atoms with Gasteiger partial charge in [0.25, 0.3) is 5.56 Å². The molecule has 8 nitrogen and oxygen atoms in total. The highest BCUT2D eigenvalue weighted by Crippen LogP contribution is 2.36. The van der Waals surface area contributed by atoms with Crippen molar-refractivity contribution >= 4 is 52.6 Å². The quantitative estimate of drug-likeness (QED) is 0.119. The Balaban J connectivity index is 1.50. The fourth-order valence-electron chi connectivity index (χ4n) is 4.97. The second-order valence-corrected chi connectivity index (χ2v) is 12.8. The lowest BCUT2D eigenvalue weighted by molar-refractivity contribution is -0.138. The van der Waals surface area contributed by atoms with Crippen LogP contribution in [-0.2, 0) is 9.53 Å². The van der Waals surface area contributed by atoms with Crippen molar-refractivity contribution in [2.24, 2.45) is 4.99 Å². The Morgan fingerprint density at radius 1 is 1.05 bits per heavy atom. The van der Waals surface area contributed by atoms with E-state index in [0.29, 0.717) is 36.6 Å². The number of rotatable bonds is 8. The number of ether oxygens (including phenoxy) is 1. The Morgan fingerprint density at radius 2 is 1.77 bits per heavy atom. The zero-order valence-electron chi connectivity index (χ0n) is 24.4. The minimum Gasteiger partial charge on any atom is -0.463 e. The van der Waals surface area contributed by atoms with Gasteiger partial charge in [-0.1, -0.05) is 53.8 Å². The van der Waals surface area contributed by atoms with Gasteiger partial charge >= 0.3 is 5.97 Å². The number of furan rings is 1. The molecule has 0 aliphatic carbocycles. The van der Waals surface area contributed by atoms with Gasteiger partial charge in [-0.3, -0.25) is 9.36 Å². The molecule has 1 aliphatic heterocycles. The van der Waals surface area contributed by atoms with Crippen LogP contribution in [-0.4, -0.2) is 33.4 Å². The first-order valence-corrected chi connectivity index (χ1v) is 16.7. The first-order valence-electron chi connectivity index (χ1n) is 13.9. The monoisotopic (exact) mass is 640 g/mol. The molecule has 0 amide bonds. The molecule has 0 N–H and O–H groups in total. The van der Waals surface area contributed by atoms with Gasteiger partial charge in [0, 0.05) is 27.9 Å². The van der Waals surface area contributed by atoms with Crippen LogP contribution in [0.5, 0.6) is 0 Å². The third-order valence-corrected chi connectivity index (χ3v) is 9.35. The maximum atomic E-state index is 14.1. The van der Waals surface area contributed by atoms with Crippen molar-refractivity contribution in [3.8, 4) is 0 Å². The summed E-state index contributed by atoms with van der Waals surface area (Å²) in [7, 11) is 0. The van der Waals surface area contributed by atoms with E-state index in [9.17, 15) is 9.59 Å². The van der Waals surface area contributed by atoms with E-state index >= 15 is 0 Å². The van der Waals surface area contributed by atoms with E-state index in [0.717, 1.165) is 27.4 Å². The molecule has 0 saturated carbocycles. The summed E-state index contributed by atoms with van der Waals surface area (Å²) in [6.07, 6.45) is 3.71. The average molecular weight is 641 g/mol. The number of aryl methyl sites for hydroxylation is 2. The minimum atomic E-state index is -0.733. The largest absolute Gasteiger partial charge is 0.463 e. The third-order valence-electron chi connectivity index (χ3n) is 6.83. The maximum Gasteiger partial charge on any atom is 0.338 e. The molecule has 6 rings (SSSR count). The molecular formula is C33H28N4O4S3. The predicted molar refractivity (Wildman–Crippen MR) is 174 cm³/mol. The van der Waals surface area contributed by atoms with Crippen LogP contribution in [0.4, 0.5) is 0 Å². The molecule has 0 spiro atoms. The molecular weight excluding hydrogens is 613 g/mol. The number of thiazole rings is 1. The molecule has 44 heavy (non-hydrogen) atoms. The van der Waals surface area contributed by atoms with E-state index in [1.54, 1.807) is 35.4 Å². The van der Waals surface area contributed by atoms with Crippen LogP contribution in [0, 0.1) is 13.8 Å². The van der Waals surface area contributed by atoms with Crippen molar-refractivity contribution in [2.45, 2.75) is 42.0 Å². The average Bonchev–Trinajstić information content (AvgIpc) is 3.59. The van der Waals surface area contributed by atoms with E-state index in [1.807, 2.05) is 86.8 Å². The number of fused-ring (bicyclic) bond motifs is 1. The Kier molecular flexibility index (Phi) is 8.69. The van der Waals surface area contributed by atoms with Crippen LogP contribution in [0.2, 0.25) is 0 Å². The van der Waals surface area contributed by atoms with Gasteiger partial charge in [-0.25, -0.2) is 19.8 Å². The van der Waals surface area contributed by atoms with Crippen LogP contribution in [0.25, 0.3) is 11.8 Å². The minimum absolute atomic E-state index is 0.193. The number of carbonyl (C=O) groups excluding carboxylic acids is 1. The molecule has 0 saturated heterocycles. The lowest BCUT2D eigenvalue weighted by atomic mass is 9.93. The van der Waals surface area contributed by atoms with E-state index in [4.69, 9.17) is 14.1 Å². The van der Waals surface area contributed by atoms with E-state index in [-0.39, 0.29) is 12.2 Å². The standard InChI is InChI=1S/C33H28N4O4S3/c1-5-40-31(39)27-28(21-9-7-6-8-10-21)36-33-37(29(27)22-11-14-24(42-4)15-12-22)30(38)25(43-33)18-23-13-16-26(41-23)44-32-34-19(2)17-20(3)35-32/h6-18,29H,5H2,1-4H3/b25-18+/t29-/m0/s1. The number of hydrogen-bond donors (Lipinski definition) is 0. The van der Waals surface area contributed by atoms with Gasteiger partial charge in [0.1, 0.15) is 5.76 Å². The Labute approximate surface area is 266 Å². The highest BCUT2D eigenvalue weighted by Gasteiger charge is 2.35. The summed E-state index contributed by atoms with van der Waals surface area (Å²) in [4.78, 5) is 43.1. The summed E-state index contributed by atoms with van der Waals surface area (Å²) in [5.74, 6) is 0.000495. The summed E-state index contributed by atoms with van der Waals surface area (Å²) >= 11 is 4.19. The molecule has 0 fully saturated rings. The first kappa shape index (κ1) is 29.9. The van der Waals surface area contributed by atoms with Gasteiger partial charge in [-0.2, -0.15) is 0 Å². The van der Waals surface area contributed by atoms with Gasteiger partial charge in [-0.15, -0.1) is 11.8 Å². The van der Waals surface area contributed by atoms with Crippen LogP contribution >= 0.6 is 34.9 Å². The lowest BCUT2D eigenvalue weighted by Crippen LogP contribution is -2.40. The molecule has 1 aliphatic rings. The second kappa shape index (κ2) is 12.8. The third kappa shape index (κ3) is 6.08. The molecule has 5 aromatic rings. The summed E-state index contributed by atoms with van der Waals surface area (Å²) < 4.78 is 13.6. The normalized spacial score (nSPS) is 14.8. The van der Waals surface area contributed by atoms with Crippen molar-refractivity contribution in [1.29, 1.82) is 0 Å². The molecule has 1 atom stereocenters. The fraction of sp³-hybridized carbons (Fsp3) is 0.182. The number of benzene rings is 2. The number of aromatic nitrogens is 3. The number of carbonyl (C=O) groups is 1. The SMILES string of the molecule is CCOC(=O)C1=C(c2ccccc2)N=c2s/c(=C/c3ccc(Sc4nc(C)cc(C)n4)o3)c(=O)n2[C@H]1c1ccc(SC)cc1. The number of nitrogens with zero attached hydrogens (tertiary/aromatic N) is 4. The molecule has 0 unspecified atom stereocenters.